The Labute approximate surface area is 92.1 Å². The summed E-state index contributed by atoms with van der Waals surface area (Å²) in [6.07, 6.45) is 9.40. The fourth-order valence-corrected chi connectivity index (χ4v) is 2.94. The van der Waals surface area contributed by atoms with Crippen molar-refractivity contribution in [3.63, 3.8) is 0 Å². The van der Waals surface area contributed by atoms with E-state index in [-0.39, 0.29) is 0 Å². The van der Waals surface area contributed by atoms with Gasteiger partial charge in [-0.05, 0) is 31.6 Å². The number of unbranched alkanes of at least 4 members (excludes halogenated alkanes) is 1. The lowest BCUT2D eigenvalue weighted by molar-refractivity contribution is 0.207. The summed E-state index contributed by atoms with van der Waals surface area (Å²) in [4.78, 5) is 9.49. The van der Waals surface area contributed by atoms with Crippen LogP contribution in [0.3, 0.4) is 0 Å². The summed E-state index contributed by atoms with van der Waals surface area (Å²) in [6, 6.07) is 0. The molecule has 0 saturated carbocycles. The number of allylic oxidation sites excluding steroid dienone is 2. The lowest BCUT2D eigenvalue weighted by atomic mass is 9.96. The van der Waals surface area contributed by atoms with Crippen LogP contribution in [0.4, 0.5) is 0 Å². The molecule has 0 saturated heterocycles. The van der Waals surface area contributed by atoms with Crippen molar-refractivity contribution < 1.29 is 14.0 Å². The van der Waals surface area contributed by atoms with E-state index in [1.165, 1.54) is 0 Å². The van der Waals surface area contributed by atoms with Gasteiger partial charge in [0.05, 0.1) is 6.61 Å². The first-order chi connectivity index (χ1) is 7.14. The highest BCUT2D eigenvalue weighted by atomic mass is 31.2. The predicted molar refractivity (Wildman–Crippen MR) is 62.0 cm³/mol. The molecule has 1 aliphatic carbocycles. The predicted octanol–water partition coefficient (Wildman–Crippen LogP) is 3.34. The monoisotopic (exact) mass is 232 g/mol. The van der Waals surface area contributed by atoms with E-state index in [9.17, 15) is 9.46 Å². The molecular formula is C11H21O3P. The topological polar surface area (TPSA) is 46.5 Å². The van der Waals surface area contributed by atoms with E-state index in [0.717, 1.165) is 32.1 Å². The van der Waals surface area contributed by atoms with Crippen molar-refractivity contribution >= 4 is 7.60 Å². The van der Waals surface area contributed by atoms with Crippen molar-refractivity contribution in [2.45, 2.75) is 39.0 Å². The lowest BCUT2D eigenvalue weighted by Crippen LogP contribution is -2.10. The first kappa shape index (κ1) is 13.0. The van der Waals surface area contributed by atoms with Crippen LogP contribution in [0.25, 0.3) is 0 Å². The Kier molecular flexibility index (Phi) is 5.59. The molecule has 4 heteroatoms. The van der Waals surface area contributed by atoms with E-state index >= 15 is 0 Å². The summed E-state index contributed by atoms with van der Waals surface area (Å²) < 4.78 is 16.7. The minimum atomic E-state index is -3.30. The lowest BCUT2D eigenvalue weighted by Gasteiger charge is -2.19. The van der Waals surface area contributed by atoms with Gasteiger partial charge >= 0.3 is 7.60 Å². The Hall–Kier alpha value is -0.110. The third-order valence-electron chi connectivity index (χ3n) is 2.68. The third kappa shape index (κ3) is 5.50. The van der Waals surface area contributed by atoms with Gasteiger partial charge in [-0.2, -0.15) is 0 Å². The van der Waals surface area contributed by atoms with Crippen LogP contribution < -0.4 is 0 Å². The van der Waals surface area contributed by atoms with Crippen molar-refractivity contribution in [1.82, 2.24) is 0 Å². The molecule has 2 unspecified atom stereocenters. The van der Waals surface area contributed by atoms with Gasteiger partial charge in [-0.3, -0.25) is 4.57 Å². The Morgan fingerprint density at radius 3 is 2.93 bits per heavy atom. The maximum Gasteiger partial charge on any atom is 0.328 e. The molecule has 3 nitrogen and oxygen atoms in total. The maximum atomic E-state index is 11.5. The van der Waals surface area contributed by atoms with Crippen LogP contribution >= 0.6 is 7.60 Å². The van der Waals surface area contributed by atoms with Crippen molar-refractivity contribution in [1.29, 1.82) is 0 Å². The van der Waals surface area contributed by atoms with Crippen LogP contribution in [0.5, 0.6) is 0 Å². The summed E-state index contributed by atoms with van der Waals surface area (Å²) in [7, 11) is -3.30. The van der Waals surface area contributed by atoms with Crippen molar-refractivity contribution in [3.05, 3.63) is 12.2 Å². The Bertz CT molecular complexity index is 250. The number of hydrogen-bond acceptors (Lipinski definition) is 2. The molecule has 88 valence electrons. The summed E-state index contributed by atoms with van der Waals surface area (Å²) in [5.74, 6) is 0.428. The second kappa shape index (κ2) is 6.47. The van der Waals surface area contributed by atoms with Crippen molar-refractivity contribution in [2.75, 3.05) is 12.8 Å². The fraction of sp³-hybridized carbons (Fsp3) is 0.818. The van der Waals surface area contributed by atoms with Gasteiger partial charge in [0.15, 0.2) is 0 Å². The molecule has 0 heterocycles. The molecule has 0 fully saturated rings. The van der Waals surface area contributed by atoms with E-state index < -0.39 is 7.60 Å². The van der Waals surface area contributed by atoms with E-state index in [1.807, 2.05) is 6.92 Å². The summed E-state index contributed by atoms with van der Waals surface area (Å²) in [5, 5.41) is 0. The van der Waals surface area contributed by atoms with Crippen LogP contribution in [0.2, 0.25) is 0 Å². The summed E-state index contributed by atoms with van der Waals surface area (Å²) in [6.45, 7) is 2.44. The molecule has 1 N–H and O–H groups in total. The molecule has 0 aliphatic heterocycles. The van der Waals surface area contributed by atoms with Gasteiger partial charge in [0.2, 0.25) is 0 Å². The molecule has 0 spiro atoms. The van der Waals surface area contributed by atoms with E-state index in [2.05, 4.69) is 12.2 Å². The van der Waals surface area contributed by atoms with Crippen LogP contribution in [0.1, 0.15) is 39.0 Å². The normalized spacial score (nSPS) is 25.1. The zero-order valence-corrected chi connectivity index (χ0v) is 10.3. The van der Waals surface area contributed by atoms with Crippen LogP contribution in [-0.4, -0.2) is 17.7 Å². The minimum Gasteiger partial charge on any atom is -0.324 e. The van der Waals surface area contributed by atoms with Gasteiger partial charge in [-0.15, -0.1) is 0 Å². The first-order valence-corrected chi connectivity index (χ1v) is 7.51. The zero-order valence-electron chi connectivity index (χ0n) is 9.39. The molecule has 0 radical (unpaired) electrons. The van der Waals surface area contributed by atoms with Crippen LogP contribution in [0, 0.1) is 5.92 Å². The molecular weight excluding hydrogens is 211 g/mol. The first-order valence-electron chi connectivity index (χ1n) is 5.75. The van der Waals surface area contributed by atoms with E-state index in [0.29, 0.717) is 18.7 Å². The molecule has 1 rings (SSSR count). The smallest absolute Gasteiger partial charge is 0.324 e. The molecule has 0 aromatic rings. The fourth-order valence-electron chi connectivity index (χ4n) is 1.65. The molecule has 0 bridgehead atoms. The molecule has 0 aromatic carbocycles. The standard InChI is InChI=1S/C11H21O3P/c1-2-3-9-15(12,13)14-10-11-7-5-4-6-8-11/h4-5,11H,2-3,6-10H2,1H3,(H,12,13). The zero-order chi connectivity index (χ0) is 11.1. The van der Waals surface area contributed by atoms with Crippen LogP contribution in [0.15, 0.2) is 12.2 Å². The van der Waals surface area contributed by atoms with Crippen molar-refractivity contribution in [2.24, 2.45) is 5.92 Å². The highest BCUT2D eigenvalue weighted by molar-refractivity contribution is 7.52. The molecule has 15 heavy (non-hydrogen) atoms. The van der Waals surface area contributed by atoms with Gasteiger partial charge in [0, 0.05) is 6.16 Å². The van der Waals surface area contributed by atoms with Gasteiger partial charge < -0.3 is 9.42 Å². The third-order valence-corrected chi connectivity index (χ3v) is 4.12. The highest BCUT2D eigenvalue weighted by Gasteiger charge is 2.20. The highest BCUT2D eigenvalue weighted by Crippen LogP contribution is 2.43. The molecule has 0 aromatic heterocycles. The van der Waals surface area contributed by atoms with Gasteiger partial charge in [-0.1, -0.05) is 25.5 Å². The average Bonchev–Trinajstić information content (AvgIpc) is 2.25. The van der Waals surface area contributed by atoms with Crippen molar-refractivity contribution in [3.8, 4) is 0 Å². The second-order valence-electron chi connectivity index (χ2n) is 4.16. The molecule has 1 aliphatic rings. The maximum absolute atomic E-state index is 11.5. The largest absolute Gasteiger partial charge is 0.328 e. The average molecular weight is 232 g/mol. The molecule has 0 amide bonds. The van der Waals surface area contributed by atoms with Gasteiger partial charge in [-0.25, -0.2) is 0 Å². The van der Waals surface area contributed by atoms with E-state index in [4.69, 9.17) is 4.52 Å². The van der Waals surface area contributed by atoms with Gasteiger partial charge in [0.25, 0.3) is 0 Å². The quantitative estimate of drug-likeness (QED) is 0.564. The Morgan fingerprint density at radius 1 is 1.53 bits per heavy atom. The summed E-state index contributed by atoms with van der Waals surface area (Å²) in [5.41, 5.74) is 0. The Balaban J connectivity index is 2.22. The number of rotatable bonds is 6. The number of hydrogen-bond donors (Lipinski definition) is 1. The van der Waals surface area contributed by atoms with Gasteiger partial charge in [0.1, 0.15) is 0 Å². The Morgan fingerprint density at radius 2 is 2.33 bits per heavy atom. The minimum absolute atomic E-state index is 0.298. The molecule has 2 atom stereocenters. The van der Waals surface area contributed by atoms with E-state index in [1.54, 1.807) is 0 Å². The SMILES string of the molecule is CCCCP(=O)(O)OCC1CC=CCC1. The summed E-state index contributed by atoms with van der Waals surface area (Å²) >= 11 is 0. The second-order valence-corrected chi connectivity index (χ2v) is 6.14. The van der Waals surface area contributed by atoms with Crippen LogP contribution in [-0.2, 0) is 9.09 Å².